The van der Waals surface area contributed by atoms with Crippen LogP contribution < -0.4 is 0 Å². The minimum absolute atomic E-state index is 0.107. The summed E-state index contributed by atoms with van der Waals surface area (Å²) in [5, 5.41) is 31.6. The van der Waals surface area contributed by atoms with Gasteiger partial charge in [0.2, 0.25) is 6.04 Å². The number of nitro groups is 2. The van der Waals surface area contributed by atoms with E-state index in [0.717, 1.165) is 12.8 Å². The van der Waals surface area contributed by atoms with Crippen LogP contribution in [0.4, 0.5) is 5.69 Å². The van der Waals surface area contributed by atoms with E-state index in [1.165, 1.54) is 24.3 Å². The van der Waals surface area contributed by atoms with Gasteiger partial charge in [0.15, 0.2) is 0 Å². The highest BCUT2D eigenvalue weighted by atomic mass is 16.6. The van der Waals surface area contributed by atoms with Crippen molar-refractivity contribution in [1.82, 2.24) is 0 Å². The zero-order valence-electron chi connectivity index (χ0n) is 11.3. The summed E-state index contributed by atoms with van der Waals surface area (Å²) in [4.78, 5) is 20.5. The first-order chi connectivity index (χ1) is 9.47. The highest BCUT2D eigenvalue weighted by Gasteiger charge is 2.30. The molecule has 0 bridgehead atoms. The number of nitrogens with zero attached hydrogens (tertiary/aromatic N) is 2. The molecule has 0 saturated heterocycles. The summed E-state index contributed by atoms with van der Waals surface area (Å²) in [5.74, 6) is 0. The Hall–Kier alpha value is -2.02. The van der Waals surface area contributed by atoms with Gasteiger partial charge in [0.1, 0.15) is 6.10 Å². The number of hydrogen-bond donors (Lipinski definition) is 1. The predicted octanol–water partition coefficient (Wildman–Crippen LogP) is 2.85. The molecule has 0 saturated carbocycles. The molecule has 1 aromatic rings. The number of benzene rings is 1. The van der Waals surface area contributed by atoms with Gasteiger partial charge in [-0.15, -0.1) is 0 Å². The second-order valence-corrected chi connectivity index (χ2v) is 4.64. The van der Waals surface area contributed by atoms with Crippen molar-refractivity contribution in [3.63, 3.8) is 0 Å². The van der Waals surface area contributed by atoms with Crippen LogP contribution in [-0.2, 0) is 0 Å². The fourth-order valence-corrected chi connectivity index (χ4v) is 2.00. The molecular formula is C13H18N2O5. The molecular weight excluding hydrogens is 264 g/mol. The summed E-state index contributed by atoms with van der Waals surface area (Å²) in [5.41, 5.74) is 0.221. The number of nitro benzene ring substituents is 1. The van der Waals surface area contributed by atoms with Gasteiger partial charge in [0.05, 0.1) is 4.92 Å². The molecule has 0 aliphatic carbocycles. The summed E-state index contributed by atoms with van der Waals surface area (Å²) < 4.78 is 0. The average Bonchev–Trinajstić information content (AvgIpc) is 2.42. The Bertz CT molecular complexity index is 460. The van der Waals surface area contributed by atoms with E-state index in [4.69, 9.17) is 0 Å². The Labute approximate surface area is 116 Å². The van der Waals surface area contributed by atoms with Crippen LogP contribution in [0.25, 0.3) is 0 Å². The fraction of sp³-hybridized carbons (Fsp3) is 0.538. The number of hydrogen-bond acceptors (Lipinski definition) is 5. The smallest absolute Gasteiger partial charge is 0.269 e. The Kier molecular flexibility index (Phi) is 6.05. The molecule has 1 rings (SSSR count). The molecule has 0 spiro atoms. The second kappa shape index (κ2) is 7.54. The Balaban J connectivity index is 2.80. The van der Waals surface area contributed by atoms with Crippen molar-refractivity contribution in [3.05, 3.63) is 50.1 Å². The molecule has 1 aromatic carbocycles. The van der Waals surface area contributed by atoms with Crippen LogP contribution in [0.2, 0.25) is 0 Å². The van der Waals surface area contributed by atoms with Gasteiger partial charge in [-0.25, -0.2) is 0 Å². The molecule has 7 heteroatoms. The van der Waals surface area contributed by atoms with Gasteiger partial charge in [0.25, 0.3) is 5.69 Å². The van der Waals surface area contributed by atoms with Gasteiger partial charge in [-0.05, 0) is 24.1 Å². The lowest BCUT2D eigenvalue weighted by Crippen LogP contribution is -2.27. The van der Waals surface area contributed by atoms with Gasteiger partial charge in [-0.2, -0.15) is 0 Å². The van der Waals surface area contributed by atoms with E-state index in [9.17, 15) is 25.3 Å². The number of unbranched alkanes of at least 4 members (excludes halogenated alkanes) is 2. The van der Waals surface area contributed by atoms with E-state index in [-0.39, 0.29) is 5.69 Å². The maximum atomic E-state index is 11.0. The van der Waals surface area contributed by atoms with Crippen LogP contribution in [0, 0.1) is 20.2 Å². The quantitative estimate of drug-likeness (QED) is 0.448. The van der Waals surface area contributed by atoms with Gasteiger partial charge in [-0.1, -0.05) is 19.8 Å². The summed E-state index contributed by atoms with van der Waals surface area (Å²) in [6.07, 6.45) is 1.53. The normalized spacial score (nSPS) is 13.7. The fourth-order valence-electron chi connectivity index (χ4n) is 2.00. The third-order valence-corrected chi connectivity index (χ3v) is 3.18. The lowest BCUT2D eigenvalue weighted by molar-refractivity contribution is -0.537. The summed E-state index contributed by atoms with van der Waals surface area (Å²) in [7, 11) is 0. The monoisotopic (exact) mass is 282 g/mol. The molecule has 0 aromatic heterocycles. The third-order valence-electron chi connectivity index (χ3n) is 3.18. The van der Waals surface area contributed by atoms with Crippen LogP contribution in [0.15, 0.2) is 24.3 Å². The molecule has 0 radical (unpaired) electrons. The van der Waals surface area contributed by atoms with E-state index in [1.807, 2.05) is 6.92 Å². The van der Waals surface area contributed by atoms with E-state index < -0.39 is 22.0 Å². The van der Waals surface area contributed by atoms with Crippen molar-refractivity contribution >= 4 is 5.69 Å². The highest BCUT2D eigenvalue weighted by molar-refractivity contribution is 5.34. The van der Waals surface area contributed by atoms with Crippen LogP contribution in [0.5, 0.6) is 0 Å². The molecule has 20 heavy (non-hydrogen) atoms. The first-order valence-corrected chi connectivity index (χ1v) is 6.53. The summed E-state index contributed by atoms with van der Waals surface area (Å²) >= 11 is 0. The van der Waals surface area contributed by atoms with Crippen molar-refractivity contribution in [2.24, 2.45) is 0 Å². The van der Waals surface area contributed by atoms with Crippen molar-refractivity contribution < 1.29 is 15.0 Å². The van der Waals surface area contributed by atoms with Gasteiger partial charge >= 0.3 is 0 Å². The molecule has 2 atom stereocenters. The van der Waals surface area contributed by atoms with E-state index in [1.54, 1.807) is 0 Å². The van der Waals surface area contributed by atoms with E-state index in [0.29, 0.717) is 18.4 Å². The Morgan fingerprint density at radius 2 is 1.75 bits per heavy atom. The Morgan fingerprint density at radius 3 is 2.20 bits per heavy atom. The molecule has 110 valence electrons. The molecule has 0 unspecified atom stereocenters. The van der Waals surface area contributed by atoms with Crippen LogP contribution >= 0.6 is 0 Å². The van der Waals surface area contributed by atoms with Crippen molar-refractivity contribution in [1.29, 1.82) is 0 Å². The first-order valence-electron chi connectivity index (χ1n) is 6.53. The maximum absolute atomic E-state index is 11.0. The molecule has 1 N–H and O–H groups in total. The zero-order chi connectivity index (χ0) is 15.1. The molecule has 0 amide bonds. The SMILES string of the molecule is CCCCC[C@H]([C@H](O)c1ccc([N+](=O)[O-])cc1)[N+](=O)[O-]. The average molecular weight is 282 g/mol. The predicted molar refractivity (Wildman–Crippen MR) is 73.0 cm³/mol. The van der Waals surface area contributed by atoms with Crippen molar-refractivity contribution in [2.75, 3.05) is 0 Å². The number of aliphatic hydroxyl groups is 1. The van der Waals surface area contributed by atoms with Crippen LogP contribution in [0.1, 0.15) is 44.3 Å². The molecule has 0 fully saturated rings. The standard InChI is InChI=1S/C13H18N2O5/c1-2-3-4-5-12(15(19)20)13(16)10-6-8-11(9-7-10)14(17)18/h6-9,12-13,16H,2-5H2,1H3/t12-,13-/m1/s1. The number of aliphatic hydroxyl groups excluding tert-OH is 1. The lowest BCUT2D eigenvalue weighted by atomic mass is 9.97. The second-order valence-electron chi connectivity index (χ2n) is 4.64. The van der Waals surface area contributed by atoms with E-state index >= 15 is 0 Å². The largest absolute Gasteiger partial charge is 0.381 e. The lowest BCUT2D eigenvalue weighted by Gasteiger charge is -2.16. The van der Waals surface area contributed by atoms with Gasteiger partial charge < -0.3 is 5.11 Å². The summed E-state index contributed by atoms with van der Waals surface area (Å²) in [6.45, 7) is 1.99. The van der Waals surface area contributed by atoms with E-state index in [2.05, 4.69) is 0 Å². The van der Waals surface area contributed by atoms with Gasteiger partial charge in [-0.3, -0.25) is 20.2 Å². The topological polar surface area (TPSA) is 107 Å². The third kappa shape index (κ3) is 4.27. The van der Waals surface area contributed by atoms with Crippen LogP contribution in [-0.4, -0.2) is 21.0 Å². The van der Waals surface area contributed by atoms with Gasteiger partial charge in [0, 0.05) is 23.5 Å². The van der Waals surface area contributed by atoms with Crippen LogP contribution in [0.3, 0.4) is 0 Å². The Morgan fingerprint density at radius 1 is 1.15 bits per heavy atom. The zero-order valence-corrected chi connectivity index (χ0v) is 11.3. The minimum atomic E-state index is -1.25. The number of rotatable bonds is 8. The molecule has 0 aliphatic rings. The first kappa shape index (κ1) is 16.0. The highest BCUT2D eigenvalue weighted by Crippen LogP contribution is 2.24. The molecule has 0 heterocycles. The minimum Gasteiger partial charge on any atom is -0.381 e. The number of non-ortho nitro benzene ring substituents is 1. The van der Waals surface area contributed by atoms with Crippen molar-refractivity contribution in [3.8, 4) is 0 Å². The molecule has 0 aliphatic heterocycles. The maximum Gasteiger partial charge on any atom is 0.269 e. The van der Waals surface area contributed by atoms with Crippen molar-refractivity contribution in [2.45, 2.75) is 44.8 Å². The molecule has 7 nitrogen and oxygen atoms in total. The summed E-state index contributed by atoms with van der Waals surface area (Å²) in [6, 6.07) is 4.12.